The fraction of sp³-hybridized carbons (Fsp3) is 0.250. The van der Waals surface area contributed by atoms with Gasteiger partial charge in [-0.1, -0.05) is 29.8 Å². The van der Waals surface area contributed by atoms with Crippen molar-refractivity contribution in [3.8, 4) is 11.5 Å². The Hall–Kier alpha value is -2.86. The van der Waals surface area contributed by atoms with Gasteiger partial charge in [-0.05, 0) is 42.8 Å². The number of aromatic nitrogens is 2. The number of anilines is 1. The molecule has 138 valence electrons. The molecule has 2 heterocycles. The normalized spacial score (nSPS) is 14.4. The van der Waals surface area contributed by atoms with Crippen molar-refractivity contribution in [3.63, 3.8) is 0 Å². The van der Waals surface area contributed by atoms with Crippen LogP contribution in [0, 0.1) is 6.92 Å². The number of hydrogen-bond donors (Lipinski definition) is 0. The molecule has 7 heteroatoms. The lowest BCUT2D eigenvalue weighted by atomic mass is 10.2. The zero-order chi connectivity index (χ0) is 18.8. The predicted octanol–water partition coefficient (Wildman–Crippen LogP) is 3.66. The van der Waals surface area contributed by atoms with Gasteiger partial charge in [0.25, 0.3) is 0 Å². The lowest BCUT2D eigenvalue weighted by molar-refractivity contribution is 0.0707. The van der Waals surface area contributed by atoms with Gasteiger partial charge in [0, 0.05) is 42.5 Å². The zero-order valence-corrected chi connectivity index (χ0v) is 15.7. The largest absolute Gasteiger partial charge is 0.412 e. The second-order valence-electron chi connectivity index (χ2n) is 6.54. The third-order valence-electron chi connectivity index (χ3n) is 4.61. The number of rotatable bonds is 3. The molecule has 0 saturated carbocycles. The van der Waals surface area contributed by atoms with Gasteiger partial charge in [0.1, 0.15) is 0 Å². The molecule has 1 fully saturated rings. The topological polar surface area (TPSA) is 62.5 Å². The quantitative estimate of drug-likeness (QED) is 0.691. The van der Waals surface area contributed by atoms with E-state index in [4.69, 9.17) is 16.0 Å². The highest BCUT2D eigenvalue weighted by Gasteiger charge is 2.26. The Morgan fingerprint density at radius 1 is 1.04 bits per heavy atom. The fourth-order valence-electron chi connectivity index (χ4n) is 3.18. The van der Waals surface area contributed by atoms with Crippen LogP contribution in [0.3, 0.4) is 0 Å². The standard InChI is InChI=1S/C20H19ClN4O2/c1-14-4-2-7-17(12-14)24-8-10-25(11-9-24)20(26)19-23-22-18(27-19)15-5-3-6-16(21)13-15/h2-7,12-13H,8-11H2,1H3. The van der Waals surface area contributed by atoms with Crippen LogP contribution in [0.25, 0.3) is 11.5 Å². The van der Waals surface area contributed by atoms with Gasteiger partial charge in [-0.25, -0.2) is 0 Å². The Kier molecular flexibility index (Phi) is 4.81. The van der Waals surface area contributed by atoms with Gasteiger partial charge in [0.05, 0.1) is 0 Å². The van der Waals surface area contributed by atoms with Gasteiger partial charge < -0.3 is 14.2 Å². The predicted molar refractivity (Wildman–Crippen MR) is 104 cm³/mol. The Morgan fingerprint density at radius 2 is 1.81 bits per heavy atom. The fourth-order valence-corrected chi connectivity index (χ4v) is 3.37. The average Bonchev–Trinajstić information content (AvgIpc) is 3.18. The minimum atomic E-state index is -0.236. The summed E-state index contributed by atoms with van der Waals surface area (Å²) in [5.41, 5.74) is 3.10. The first-order valence-corrected chi connectivity index (χ1v) is 9.18. The molecular formula is C20H19ClN4O2. The number of carbonyl (C=O) groups is 1. The van der Waals surface area contributed by atoms with Crippen LogP contribution >= 0.6 is 11.6 Å². The summed E-state index contributed by atoms with van der Waals surface area (Å²) in [5, 5.41) is 8.48. The molecule has 1 aliphatic rings. The van der Waals surface area contributed by atoms with Crippen molar-refractivity contribution in [2.24, 2.45) is 0 Å². The van der Waals surface area contributed by atoms with Gasteiger partial charge >= 0.3 is 11.8 Å². The molecule has 4 rings (SSSR count). The number of piperazine rings is 1. The smallest absolute Gasteiger partial charge is 0.311 e. The molecule has 27 heavy (non-hydrogen) atoms. The maximum Gasteiger partial charge on any atom is 0.311 e. The monoisotopic (exact) mass is 382 g/mol. The second-order valence-corrected chi connectivity index (χ2v) is 6.98. The van der Waals surface area contributed by atoms with Crippen LogP contribution in [0.5, 0.6) is 0 Å². The summed E-state index contributed by atoms with van der Waals surface area (Å²) in [4.78, 5) is 16.7. The number of nitrogens with zero attached hydrogens (tertiary/aromatic N) is 4. The van der Waals surface area contributed by atoms with Crippen molar-refractivity contribution in [1.82, 2.24) is 15.1 Å². The molecule has 0 aliphatic carbocycles. The molecule has 1 amide bonds. The molecule has 0 spiro atoms. The van der Waals surface area contributed by atoms with Crippen LogP contribution in [0.15, 0.2) is 52.9 Å². The summed E-state index contributed by atoms with van der Waals surface area (Å²) in [7, 11) is 0. The minimum absolute atomic E-state index is 0.00832. The van der Waals surface area contributed by atoms with E-state index in [1.54, 1.807) is 23.1 Å². The van der Waals surface area contributed by atoms with Crippen molar-refractivity contribution in [2.45, 2.75) is 6.92 Å². The van der Waals surface area contributed by atoms with Gasteiger partial charge in [0.15, 0.2) is 0 Å². The highest BCUT2D eigenvalue weighted by molar-refractivity contribution is 6.30. The van der Waals surface area contributed by atoms with Crippen LogP contribution in [0.2, 0.25) is 5.02 Å². The number of hydrogen-bond acceptors (Lipinski definition) is 5. The van der Waals surface area contributed by atoms with E-state index >= 15 is 0 Å². The first-order chi connectivity index (χ1) is 13.1. The van der Waals surface area contributed by atoms with Crippen LogP contribution in [-0.4, -0.2) is 47.2 Å². The van der Waals surface area contributed by atoms with E-state index < -0.39 is 0 Å². The minimum Gasteiger partial charge on any atom is -0.412 e. The Bertz CT molecular complexity index is 964. The van der Waals surface area contributed by atoms with Crippen molar-refractivity contribution in [3.05, 3.63) is 65.0 Å². The van der Waals surface area contributed by atoms with E-state index in [1.807, 2.05) is 6.07 Å². The van der Waals surface area contributed by atoms with Crippen LogP contribution in [0.4, 0.5) is 5.69 Å². The summed E-state index contributed by atoms with van der Waals surface area (Å²) >= 11 is 5.99. The summed E-state index contributed by atoms with van der Waals surface area (Å²) in [6.45, 7) is 4.84. The maximum atomic E-state index is 12.7. The molecule has 3 aromatic rings. The molecular weight excluding hydrogens is 364 g/mol. The number of amides is 1. The first-order valence-electron chi connectivity index (χ1n) is 8.80. The molecule has 6 nitrogen and oxygen atoms in total. The van der Waals surface area contributed by atoms with Crippen LogP contribution < -0.4 is 4.90 Å². The van der Waals surface area contributed by atoms with E-state index in [0.29, 0.717) is 29.6 Å². The molecule has 0 N–H and O–H groups in total. The van der Waals surface area contributed by atoms with Crippen molar-refractivity contribution in [1.29, 1.82) is 0 Å². The van der Waals surface area contributed by atoms with Crippen LogP contribution in [-0.2, 0) is 0 Å². The van der Waals surface area contributed by atoms with Crippen molar-refractivity contribution >= 4 is 23.2 Å². The molecule has 0 radical (unpaired) electrons. The summed E-state index contributed by atoms with van der Waals surface area (Å²) in [6, 6.07) is 15.5. The Labute approximate surface area is 162 Å². The third-order valence-corrected chi connectivity index (χ3v) is 4.85. The van der Waals surface area contributed by atoms with Gasteiger partial charge in [-0.15, -0.1) is 10.2 Å². The third kappa shape index (κ3) is 3.80. The summed E-state index contributed by atoms with van der Waals surface area (Å²) in [6.07, 6.45) is 0. The summed E-state index contributed by atoms with van der Waals surface area (Å²) < 4.78 is 5.58. The van der Waals surface area contributed by atoms with E-state index in [9.17, 15) is 4.79 Å². The van der Waals surface area contributed by atoms with Crippen molar-refractivity contribution < 1.29 is 9.21 Å². The lowest BCUT2D eigenvalue weighted by Gasteiger charge is -2.35. The molecule has 1 aromatic heterocycles. The first kappa shape index (κ1) is 17.5. The second kappa shape index (κ2) is 7.40. The van der Waals surface area contributed by atoms with E-state index in [0.717, 1.165) is 13.1 Å². The van der Waals surface area contributed by atoms with Crippen molar-refractivity contribution in [2.75, 3.05) is 31.1 Å². The van der Waals surface area contributed by atoms with E-state index in [2.05, 4.69) is 46.3 Å². The van der Waals surface area contributed by atoms with Crippen LogP contribution in [0.1, 0.15) is 16.2 Å². The average molecular weight is 383 g/mol. The van der Waals surface area contributed by atoms with Gasteiger partial charge in [0.2, 0.25) is 5.89 Å². The maximum absolute atomic E-state index is 12.7. The molecule has 1 saturated heterocycles. The molecule has 0 bridgehead atoms. The SMILES string of the molecule is Cc1cccc(N2CCN(C(=O)c3nnc(-c4cccc(Cl)c4)o3)CC2)c1. The van der Waals surface area contributed by atoms with E-state index in [-0.39, 0.29) is 11.8 Å². The number of aryl methyl sites for hydroxylation is 1. The number of benzene rings is 2. The highest BCUT2D eigenvalue weighted by atomic mass is 35.5. The lowest BCUT2D eigenvalue weighted by Crippen LogP contribution is -2.48. The zero-order valence-electron chi connectivity index (χ0n) is 14.9. The number of halogens is 1. The highest BCUT2D eigenvalue weighted by Crippen LogP contribution is 2.23. The molecule has 1 aliphatic heterocycles. The number of carbonyl (C=O) groups excluding carboxylic acids is 1. The van der Waals surface area contributed by atoms with Gasteiger partial charge in [-0.2, -0.15) is 0 Å². The Balaban J connectivity index is 1.42. The summed E-state index contributed by atoms with van der Waals surface area (Å²) in [5.74, 6) is 0.0629. The van der Waals surface area contributed by atoms with Gasteiger partial charge in [-0.3, -0.25) is 4.79 Å². The van der Waals surface area contributed by atoms with E-state index in [1.165, 1.54) is 11.3 Å². The molecule has 0 unspecified atom stereocenters. The molecule has 0 atom stereocenters. The molecule has 2 aromatic carbocycles. The Morgan fingerprint density at radius 3 is 2.56 bits per heavy atom.